The number of hydrogen-bond donors (Lipinski definition) is 1. The first-order valence-corrected chi connectivity index (χ1v) is 12.6. The second-order valence-corrected chi connectivity index (χ2v) is 9.73. The molecule has 38 heavy (non-hydrogen) atoms. The Labute approximate surface area is 218 Å². The van der Waals surface area contributed by atoms with E-state index in [0.717, 1.165) is 35.1 Å². The van der Waals surface area contributed by atoms with Crippen molar-refractivity contribution < 1.29 is 9.53 Å². The van der Waals surface area contributed by atoms with Crippen LogP contribution in [0.5, 0.6) is 0 Å². The highest BCUT2D eigenvalue weighted by Crippen LogP contribution is 2.45. The van der Waals surface area contributed by atoms with E-state index in [1.807, 2.05) is 18.3 Å². The molecule has 0 radical (unpaired) electrons. The number of rotatable bonds is 5. The highest BCUT2D eigenvalue weighted by atomic mass is 16.6. The fourth-order valence-electron chi connectivity index (χ4n) is 5.17. The Kier molecular flexibility index (Phi) is 5.25. The number of carbonyl (C=O) groups excluding carboxylic acids is 1. The summed E-state index contributed by atoms with van der Waals surface area (Å²) in [5, 5.41) is 13.4. The van der Waals surface area contributed by atoms with Crippen LogP contribution in [-0.2, 0) is 4.74 Å². The zero-order valence-corrected chi connectivity index (χ0v) is 20.4. The Balaban J connectivity index is 1.29. The van der Waals surface area contributed by atoms with Gasteiger partial charge in [-0.3, -0.25) is 9.88 Å². The Hall–Kier alpha value is -4.85. The van der Waals surface area contributed by atoms with E-state index in [-0.39, 0.29) is 12.1 Å². The first-order chi connectivity index (χ1) is 18.7. The number of pyridine rings is 3. The Morgan fingerprint density at radius 3 is 2.74 bits per heavy atom. The molecule has 188 valence electrons. The van der Waals surface area contributed by atoms with Crippen molar-refractivity contribution in [2.24, 2.45) is 0 Å². The third-order valence-electron chi connectivity index (χ3n) is 7.21. The van der Waals surface area contributed by atoms with Crippen molar-refractivity contribution >= 4 is 34.4 Å². The molecule has 4 aromatic heterocycles. The van der Waals surface area contributed by atoms with Gasteiger partial charge in [-0.05, 0) is 48.6 Å². The molecule has 4 aromatic rings. The van der Waals surface area contributed by atoms with Crippen molar-refractivity contribution in [3.63, 3.8) is 0 Å². The van der Waals surface area contributed by atoms with Crippen LogP contribution in [0.4, 0.5) is 22.2 Å². The van der Waals surface area contributed by atoms with E-state index in [1.165, 1.54) is 5.56 Å². The zero-order chi connectivity index (χ0) is 25.6. The molecule has 6 heterocycles. The molecule has 1 saturated carbocycles. The predicted molar refractivity (Wildman–Crippen MR) is 139 cm³/mol. The smallest absolute Gasteiger partial charge is 0.410 e. The summed E-state index contributed by atoms with van der Waals surface area (Å²) in [5.74, 6) is 3.00. The van der Waals surface area contributed by atoms with E-state index in [0.29, 0.717) is 55.2 Å². The van der Waals surface area contributed by atoms with Crippen LogP contribution in [-0.4, -0.2) is 68.2 Å². The molecule has 1 unspecified atom stereocenters. The van der Waals surface area contributed by atoms with Crippen molar-refractivity contribution in [3.8, 4) is 17.5 Å². The molecule has 3 aliphatic rings. The minimum Gasteiger partial charge on any atom is -0.447 e. The Bertz CT molecular complexity index is 1610. The number of nitriles is 1. The summed E-state index contributed by atoms with van der Waals surface area (Å²) >= 11 is 0. The first-order valence-electron chi connectivity index (χ1n) is 12.6. The fourth-order valence-corrected chi connectivity index (χ4v) is 5.17. The number of nitrogens with one attached hydrogen (secondary N) is 1. The summed E-state index contributed by atoms with van der Waals surface area (Å²) in [7, 11) is 0. The van der Waals surface area contributed by atoms with Gasteiger partial charge < -0.3 is 15.0 Å². The molecule has 0 spiro atoms. The standard InChI is InChI=1S/C27H23N9O2/c28-11-16-3-5-30-22(9-16)33-23-10-18(4-6-31-23)25-32-21-13-29-12-20(17-1-2-17)24(21)26(34-25)35-7-8-36-19(14-35)15-38-27(36)37/h3-6,9-10,12-13,17,19H,1-2,7-8,14-15H2,(H,30,31,33). The molecule has 1 amide bonds. The van der Waals surface area contributed by atoms with E-state index >= 15 is 0 Å². The lowest BCUT2D eigenvalue weighted by Gasteiger charge is -2.36. The Morgan fingerprint density at radius 1 is 1.05 bits per heavy atom. The lowest BCUT2D eigenvalue weighted by molar-refractivity contribution is 0.157. The first kappa shape index (κ1) is 22.4. The predicted octanol–water partition coefficient (Wildman–Crippen LogP) is 3.62. The molecule has 2 aliphatic heterocycles. The van der Waals surface area contributed by atoms with Crippen molar-refractivity contribution in [3.05, 3.63) is 60.2 Å². The molecule has 3 fully saturated rings. The highest BCUT2D eigenvalue weighted by Gasteiger charge is 2.39. The molecule has 0 aromatic carbocycles. The van der Waals surface area contributed by atoms with Crippen LogP contribution >= 0.6 is 0 Å². The topological polar surface area (TPSA) is 133 Å². The van der Waals surface area contributed by atoms with Crippen LogP contribution in [0.25, 0.3) is 22.3 Å². The van der Waals surface area contributed by atoms with Gasteiger partial charge in [0.2, 0.25) is 0 Å². The number of piperazine rings is 1. The van der Waals surface area contributed by atoms with Gasteiger partial charge >= 0.3 is 6.09 Å². The molecule has 11 nitrogen and oxygen atoms in total. The van der Waals surface area contributed by atoms with Crippen LogP contribution in [0.3, 0.4) is 0 Å². The molecule has 7 rings (SSSR count). The number of cyclic esters (lactones) is 1. The van der Waals surface area contributed by atoms with E-state index in [1.54, 1.807) is 35.6 Å². The lowest BCUT2D eigenvalue weighted by Crippen LogP contribution is -2.52. The minimum absolute atomic E-state index is 0.00401. The van der Waals surface area contributed by atoms with E-state index in [2.05, 4.69) is 31.2 Å². The number of hydrogen-bond acceptors (Lipinski definition) is 10. The number of carbonyl (C=O) groups is 1. The third-order valence-corrected chi connectivity index (χ3v) is 7.21. The van der Waals surface area contributed by atoms with E-state index in [4.69, 9.17) is 14.7 Å². The minimum atomic E-state index is -0.239. The van der Waals surface area contributed by atoms with Crippen LogP contribution < -0.4 is 10.2 Å². The summed E-state index contributed by atoms with van der Waals surface area (Å²) in [5.41, 5.74) is 3.28. The van der Waals surface area contributed by atoms with Crippen molar-refractivity contribution in [2.75, 3.05) is 36.5 Å². The SMILES string of the molecule is N#Cc1ccnc(Nc2cc(-c3nc(N4CCN5C(=O)OCC5C4)c4c(C5CC5)cncc4n3)ccn2)c1. The monoisotopic (exact) mass is 505 g/mol. The van der Waals surface area contributed by atoms with Crippen LogP contribution in [0.15, 0.2) is 49.1 Å². The number of fused-ring (bicyclic) bond motifs is 2. The summed E-state index contributed by atoms with van der Waals surface area (Å²) in [6, 6.07) is 9.18. The maximum absolute atomic E-state index is 12.1. The van der Waals surface area contributed by atoms with Crippen molar-refractivity contribution in [1.29, 1.82) is 5.26 Å². The van der Waals surface area contributed by atoms with Gasteiger partial charge in [-0.25, -0.2) is 24.7 Å². The summed E-state index contributed by atoms with van der Waals surface area (Å²) in [6.45, 7) is 2.29. The van der Waals surface area contributed by atoms with E-state index < -0.39 is 0 Å². The number of anilines is 3. The molecule has 2 saturated heterocycles. The van der Waals surface area contributed by atoms with Gasteiger partial charge in [-0.15, -0.1) is 0 Å². The summed E-state index contributed by atoms with van der Waals surface area (Å²) < 4.78 is 5.29. The van der Waals surface area contributed by atoms with Crippen LogP contribution in [0, 0.1) is 11.3 Å². The van der Waals surface area contributed by atoms with Crippen molar-refractivity contribution in [2.45, 2.75) is 24.8 Å². The van der Waals surface area contributed by atoms with Gasteiger partial charge in [-0.1, -0.05) is 0 Å². The molecule has 0 bridgehead atoms. The van der Waals surface area contributed by atoms with Gasteiger partial charge in [-0.2, -0.15) is 5.26 Å². The molecule has 1 aliphatic carbocycles. The van der Waals surface area contributed by atoms with Crippen molar-refractivity contribution in [1.82, 2.24) is 29.8 Å². The average molecular weight is 506 g/mol. The van der Waals surface area contributed by atoms with Crippen LogP contribution in [0.2, 0.25) is 0 Å². The van der Waals surface area contributed by atoms with Crippen LogP contribution in [0.1, 0.15) is 29.9 Å². The molecular formula is C27H23N9O2. The number of amides is 1. The number of ether oxygens (including phenoxy) is 1. The maximum atomic E-state index is 12.1. The number of aromatic nitrogens is 5. The Morgan fingerprint density at radius 2 is 1.89 bits per heavy atom. The maximum Gasteiger partial charge on any atom is 0.410 e. The second-order valence-electron chi connectivity index (χ2n) is 9.73. The van der Waals surface area contributed by atoms with E-state index in [9.17, 15) is 10.1 Å². The highest BCUT2D eigenvalue weighted by molar-refractivity contribution is 5.94. The summed E-state index contributed by atoms with van der Waals surface area (Å²) in [4.78, 5) is 39.4. The van der Waals surface area contributed by atoms with Gasteiger partial charge in [0.25, 0.3) is 0 Å². The molecule has 1 N–H and O–H groups in total. The fraction of sp³-hybridized carbons (Fsp3) is 0.296. The quantitative estimate of drug-likeness (QED) is 0.429. The summed E-state index contributed by atoms with van der Waals surface area (Å²) in [6.07, 6.45) is 9.06. The lowest BCUT2D eigenvalue weighted by atomic mass is 10.1. The molecular weight excluding hydrogens is 482 g/mol. The molecule has 11 heteroatoms. The van der Waals surface area contributed by atoms with Gasteiger partial charge in [0.15, 0.2) is 5.82 Å². The average Bonchev–Trinajstić information content (AvgIpc) is 3.74. The number of nitrogens with zero attached hydrogens (tertiary/aromatic N) is 8. The molecule has 1 atom stereocenters. The second kappa shape index (κ2) is 8.92. The van der Waals surface area contributed by atoms with Gasteiger partial charge in [0.05, 0.1) is 29.4 Å². The van der Waals surface area contributed by atoms with Gasteiger partial charge in [0, 0.05) is 49.2 Å². The zero-order valence-electron chi connectivity index (χ0n) is 20.4. The third kappa shape index (κ3) is 4.00. The normalized spacial score (nSPS) is 18.7. The largest absolute Gasteiger partial charge is 0.447 e. The van der Waals surface area contributed by atoms with Gasteiger partial charge in [0.1, 0.15) is 24.1 Å².